The maximum Gasteiger partial charge on any atom is 0.0995 e. The van der Waals surface area contributed by atoms with Crippen LogP contribution in [0, 0.1) is 0 Å². The Balaban J connectivity index is 1.95. The molecule has 120 valence electrons. The lowest BCUT2D eigenvalue weighted by Gasteiger charge is -2.22. The third kappa shape index (κ3) is 3.80. The van der Waals surface area contributed by atoms with Crippen LogP contribution in [-0.4, -0.2) is 6.21 Å². The van der Waals surface area contributed by atoms with Gasteiger partial charge in [-0.3, -0.25) is 4.99 Å². The molecule has 0 atom stereocenters. The van der Waals surface area contributed by atoms with E-state index in [1.165, 1.54) is 16.7 Å². The van der Waals surface area contributed by atoms with Crippen LogP contribution in [0.25, 0.3) is 0 Å². The number of benzene rings is 3. The lowest BCUT2D eigenvalue weighted by molar-refractivity contribution is 0.721. The summed E-state index contributed by atoms with van der Waals surface area (Å²) >= 11 is 0. The highest BCUT2D eigenvalue weighted by Gasteiger charge is 2.19. The fourth-order valence-corrected chi connectivity index (χ4v) is 2.84. The van der Waals surface area contributed by atoms with Gasteiger partial charge in [0.25, 0.3) is 0 Å². The lowest BCUT2D eigenvalue weighted by atomic mass is 9.86. The fourth-order valence-electron chi connectivity index (χ4n) is 2.84. The molecule has 0 heterocycles. The van der Waals surface area contributed by atoms with E-state index in [9.17, 15) is 0 Å². The molecule has 0 saturated carbocycles. The second kappa shape index (κ2) is 7.27. The Morgan fingerprint density at radius 3 is 1.54 bits per heavy atom. The first kappa shape index (κ1) is 16.2. The molecule has 0 aromatic heterocycles. The zero-order chi connectivity index (χ0) is 16.8. The van der Waals surface area contributed by atoms with Crippen LogP contribution in [0.4, 0.5) is 0 Å². The number of rotatable bonds is 5. The van der Waals surface area contributed by atoms with Crippen molar-refractivity contribution in [3.05, 3.63) is 108 Å². The molecule has 3 rings (SSSR count). The van der Waals surface area contributed by atoms with Gasteiger partial charge in [0.05, 0.1) is 6.04 Å². The third-order valence-electron chi connectivity index (χ3n) is 4.29. The van der Waals surface area contributed by atoms with Crippen LogP contribution in [-0.2, 0) is 5.41 Å². The Morgan fingerprint density at radius 2 is 1.08 bits per heavy atom. The van der Waals surface area contributed by atoms with Gasteiger partial charge in [-0.05, 0) is 16.7 Å². The molecule has 0 aliphatic carbocycles. The fraction of sp³-hybridized carbons (Fsp3) is 0.174. The first-order valence-corrected chi connectivity index (χ1v) is 8.36. The van der Waals surface area contributed by atoms with E-state index in [0.29, 0.717) is 0 Å². The minimum absolute atomic E-state index is 0.0235. The van der Waals surface area contributed by atoms with Gasteiger partial charge in [-0.25, -0.2) is 0 Å². The summed E-state index contributed by atoms with van der Waals surface area (Å²) in [6, 6.07) is 31.5. The molecule has 0 spiro atoms. The molecule has 0 unspecified atom stereocenters. The summed E-state index contributed by atoms with van der Waals surface area (Å²) in [6.45, 7) is 4.41. The van der Waals surface area contributed by atoms with E-state index in [4.69, 9.17) is 4.99 Å². The highest BCUT2D eigenvalue weighted by atomic mass is 14.8. The summed E-state index contributed by atoms with van der Waals surface area (Å²) < 4.78 is 0. The summed E-state index contributed by atoms with van der Waals surface area (Å²) in [5.41, 5.74) is 3.59. The zero-order valence-corrected chi connectivity index (χ0v) is 14.3. The van der Waals surface area contributed by atoms with Crippen molar-refractivity contribution >= 4 is 6.21 Å². The van der Waals surface area contributed by atoms with Crippen LogP contribution in [0.15, 0.2) is 96.0 Å². The highest BCUT2D eigenvalue weighted by molar-refractivity contribution is 5.73. The summed E-state index contributed by atoms with van der Waals surface area (Å²) in [5, 5.41) is 0. The predicted octanol–water partition coefficient (Wildman–Crippen LogP) is 5.82. The van der Waals surface area contributed by atoms with Gasteiger partial charge in [-0.15, -0.1) is 0 Å². The van der Waals surface area contributed by atoms with E-state index in [0.717, 1.165) is 0 Å². The van der Waals surface area contributed by atoms with E-state index in [2.05, 4.69) is 92.9 Å². The normalized spacial score (nSPS) is 12.0. The van der Waals surface area contributed by atoms with E-state index < -0.39 is 0 Å². The van der Waals surface area contributed by atoms with E-state index >= 15 is 0 Å². The molecule has 0 N–H and O–H groups in total. The summed E-state index contributed by atoms with van der Waals surface area (Å²) in [5.74, 6) is 0. The molecule has 0 fully saturated rings. The van der Waals surface area contributed by atoms with Gasteiger partial charge < -0.3 is 0 Å². The van der Waals surface area contributed by atoms with Gasteiger partial charge in [0.2, 0.25) is 0 Å². The molecule has 0 bridgehead atoms. The molecule has 24 heavy (non-hydrogen) atoms. The van der Waals surface area contributed by atoms with Gasteiger partial charge in [-0.1, -0.05) is 105 Å². The molecule has 1 nitrogen and oxygen atoms in total. The highest BCUT2D eigenvalue weighted by Crippen LogP contribution is 2.28. The van der Waals surface area contributed by atoms with Gasteiger partial charge in [0, 0.05) is 11.6 Å². The SMILES string of the molecule is CC(C)(C=NC(c1ccccc1)c1ccccc1)c1ccccc1. The quantitative estimate of drug-likeness (QED) is 0.526. The van der Waals surface area contributed by atoms with Crippen molar-refractivity contribution in [3.63, 3.8) is 0 Å². The lowest BCUT2D eigenvalue weighted by Crippen LogP contribution is -2.19. The molecule has 0 aliphatic rings. The second-order valence-electron chi connectivity index (χ2n) is 6.59. The standard InChI is InChI=1S/C23H23N/c1-23(2,21-16-10-5-11-17-21)18-24-22(19-12-6-3-7-13-19)20-14-8-4-9-15-20/h3-18,22H,1-2H3. The molecular formula is C23H23N. The van der Waals surface area contributed by atoms with E-state index in [1.807, 2.05) is 18.2 Å². The number of hydrogen-bond donors (Lipinski definition) is 0. The maximum atomic E-state index is 4.99. The van der Waals surface area contributed by atoms with Crippen LogP contribution in [0.5, 0.6) is 0 Å². The first-order chi connectivity index (χ1) is 11.7. The molecule has 0 saturated heterocycles. The van der Waals surface area contributed by atoms with Crippen LogP contribution < -0.4 is 0 Å². The molecule has 0 radical (unpaired) electrons. The van der Waals surface area contributed by atoms with E-state index in [1.54, 1.807) is 0 Å². The van der Waals surface area contributed by atoms with Crippen molar-refractivity contribution < 1.29 is 0 Å². The van der Waals surface area contributed by atoms with Crippen molar-refractivity contribution in [2.75, 3.05) is 0 Å². The summed E-state index contributed by atoms with van der Waals surface area (Å²) in [6.07, 6.45) is 2.09. The van der Waals surface area contributed by atoms with Crippen LogP contribution in [0.2, 0.25) is 0 Å². The average Bonchev–Trinajstić information content (AvgIpc) is 2.64. The largest absolute Gasteiger partial charge is 0.284 e. The van der Waals surface area contributed by atoms with Crippen LogP contribution >= 0.6 is 0 Å². The van der Waals surface area contributed by atoms with Gasteiger partial charge in [0.15, 0.2) is 0 Å². The van der Waals surface area contributed by atoms with Gasteiger partial charge in [0.1, 0.15) is 0 Å². The Hall–Kier alpha value is -2.67. The molecule has 3 aromatic carbocycles. The maximum absolute atomic E-state index is 4.99. The van der Waals surface area contributed by atoms with Crippen molar-refractivity contribution in [1.82, 2.24) is 0 Å². The Morgan fingerprint density at radius 1 is 0.667 bits per heavy atom. The smallest absolute Gasteiger partial charge is 0.0995 e. The average molecular weight is 313 g/mol. The number of aliphatic imine (C=N–C) groups is 1. The second-order valence-corrected chi connectivity index (χ2v) is 6.59. The third-order valence-corrected chi connectivity index (χ3v) is 4.29. The van der Waals surface area contributed by atoms with Crippen LogP contribution in [0.1, 0.15) is 36.6 Å². The number of nitrogens with zero attached hydrogens (tertiary/aromatic N) is 1. The van der Waals surface area contributed by atoms with Crippen molar-refractivity contribution in [3.8, 4) is 0 Å². The van der Waals surface area contributed by atoms with Gasteiger partial charge >= 0.3 is 0 Å². The monoisotopic (exact) mass is 313 g/mol. The minimum Gasteiger partial charge on any atom is -0.284 e. The summed E-state index contributed by atoms with van der Waals surface area (Å²) in [7, 11) is 0. The molecule has 0 amide bonds. The van der Waals surface area contributed by atoms with Crippen molar-refractivity contribution in [2.24, 2.45) is 4.99 Å². The molecular weight excluding hydrogens is 290 g/mol. The zero-order valence-electron chi connectivity index (χ0n) is 14.3. The molecule has 3 aromatic rings. The van der Waals surface area contributed by atoms with E-state index in [-0.39, 0.29) is 11.5 Å². The molecule has 0 aliphatic heterocycles. The Kier molecular flexibility index (Phi) is 4.90. The number of hydrogen-bond acceptors (Lipinski definition) is 1. The van der Waals surface area contributed by atoms with Gasteiger partial charge in [-0.2, -0.15) is 0 Å². The van der Waals surface area contributed by atoms with Crippen molar-refractivity contribution in [1.29, 1.82) is 0 Å². The van der Waals surface area contributed by atoms with Crippen LogP contribution in [0.3, 0.4) is 0 Å². The topological polar surface area (TPSA) is 12.4 Å². The Bertz CT molecular complexity index is 735. The van der Waals surface area contributed by atoms with Crippen molar-refractivity contribution in [2.45, 2.75) is 25.3 Å². The first-order valence-electron chi connectivity index (χ1n) is 8.36. The summed E-state index contributed by atoms with van der Waals surface area (Å²) in [4.78, 5) is 4.99. The Labute approximate surface area is 144 Å². The predicted molar refractivity (Wildman–Crippen MR) is 103 cm³/mol. The molecule has 1 heteroatoms. The minimum atomic E-state index is -0.108.